The summed E-state index contributed by atoms with van der Waals surface area (Å²) in [5, 5.41) is 12.6. The Morgan fingerprint density at radius 3 is 2.94 bits per heavy atom. The van der Waals surface area contributed by atoms with Crippen LogP contribution in [0.1, 0.15) is 18.4 Å². The van der Waals surface area contributed by atoms with Crippen molar-refractivity contribution in [1.29, 1.82) is 0 Å². The van der Waals surface area contributed by atoms with Crippen molar-refractivity contribution in [1.82, 2.24) is 9.88 Å². The van der Waals surface area contributed by atoms with E-state index >= 15 is 0 Å². The lowest BCUT2D eigenvalue weighted by molar-refractivity contribution is -0.136. The van der Waals surface area contributed by atoms with Crippen LogP contribution in [0.25, 0.3) is 0 Å². The fraction of sp³-hybridized carbons (Fsp3) is 0.400. The van der Waals surface area contributed by atoms with Crippen molar-refractivity contribution in [2.75, 3.05) is 42.7 Å². The Bertz CT molecular complexity index is 1060. The number of ether oxygens (including phenoxy) is 1. The summed E-state index contributed by atoms with van der Waals surface area (Å²) in [6, 6.07) is 5.11. The maximum absolute atomic E-state index is 13.1. The molecule has 2 aliphatic heterocycles. The Morgan fingerprint density at radius 1 is 1.38 bits per heavy atom. The van der Waals surface area contributed by atoms with Gasteiger partial charge in [0.2, 0.25) is 0 Å². The number of hydrogen-bond donors (Lipinski definition) is 2. The highest BCUT2D eigenvalue weighted by Gasteiger charge is 2.50. The van der Waals surface area contributed by atoms with E-state index < -0.39 is 11.4 Å². The average molecular weight is 497 g/mol. The number of halogens is 1. The van der Waals surface area contributed by atoms with E-state index in [1.54, 1.807) is 22.1 Å². The van der Waals surface area contributed by atoms with Crippen LogP contribution in [0.3, 0.4) is 0 Å². The number of aliphatic carboxylic acids is 1. The van der Waals surface area contributed by atoms with E-state index in [1.165, 1.54) is 30.2 Å². The van der Waals surface area contributed by atoms with Gasteiger partial charge >= 0.3 is 18.1 Å². The van der Waals surface area contributed by atoms with Crippen LogP contribution in [-0.2, 0) is 14.9 Å². The van der Waals surface area contributed by atoms with Gasteiger partial charge in [-0.25, -0.2) is 14.6 Å². The van der Waals surface area contributed by atoms with Crippen molar-refractivity contribution in [3.05, 3.63) is 35.0 Å². The van der Waals surface area contributed by atoms with E-state index in [-0.39, 0.29) is 18.5 Å². The Labute approximate surface area is 197 Å². The van der Waals surface area contributed by atoms with Gasteiger partial charge < -0.3 is 14.7 Å². The van der Waals surface area contributed by atoms with E-state index in [1.807, 2.05) is 12.1 Å². The Kier molecular flexibility index (Phi) is 6.50. The lowest BCUT2D eigenvalue weighted by Gasteiger charge is -2.25. The molecule has 1 spiro atoms. The first-order valence-electron chi connectivity index (χ1n) is 9.83. The van der Waals surface area contributed by atoms with Gasteiger partial charge in [-0.3, -0.25) is 15.0 Å². The van der Waals surface area contributed by atoms with Crippen molar-refractivity contribution in [3.8, 4) is 0 Å². The fourth-order valence-corrected chi connectivity index (χ4v) is 6.15. The number of carboxylic acids is 1. The van der Waals surface area contributed by atoms with Crippen LogP contribution in [0.5, 0.6) is 0 Å². The number of anilines is 2. The van der Waals surface area contributed by atoms with Crippen molar-refractivity contribution in [2.24, 2.45) is 0 Å². The molecular formula is C20H21ClN4O5S2. The zero-order valence-corrected chi connectivity index (χ0v) is 19.6. The third kappa shape index (κ3) is 4.50. The fourth-order valence-electron chi connectivity index (χ4n) is 4.11. The molecule has 3 amide bonds. The van der Waals surface area contributed by atoms with Crippen molar-refractivity contribution in [3.63, 3.8) is 0 Å². The van der Waals surface area contributed by atoms with Gasteiger partial charge in [-0.1, -0.05) is 22.9 Å². The number of carboxylic acid groups (broad SMARTS) is 1. The number of urea groups is 1. The second-order valence-electron chi connectivity index (χ2n) is 7.58. The number of rotatable bonds is 5. The lowest BCUT2D eigenvalue weighted by atomic mass is 9.81. The van der Waals surface area contributed by atoms with Gasteiger partial charge in [0.15, 0.2) is 5.13 Å². The number of aromatic nitrogens is 1. The number of likely N-dealkylation sites (tertiary alicyclic amines) is 1. The number of nitrogens with one attached hydrogen (secondary N) is 1. The lowest BCUT2D eigenvalue weighted by Crippen LogP contribution is -2.41. The monoisotopic (exact) mass is 496 g/mol. The van der Waals surface area contributed by atoms with E-state index in [4.69, 9.17) is 21.4 Å². The molecule has 2 aromatic rings. The van der Waals surface area contributed by atoms with Crippen LogP contribution in [0, 0.1) is 0 Å². The molecule has 4 rings (SSSR count). The number of fused-ring (bicyclic) bond motifs is 2. The molecule has 9 nitrogen and oxygen atoms in total. The van der Waals surface area contributed by atoms with Crippen LogP contribution < -0.4 is 10.2 Å². The minimum absolute atomic E-state index is 0.0576. The second kappa shape index (κ2) is 9.16. The van der Waals surface area contributed by atoms with Gasteiger partial charge in [0, 0.05) is 41.5 Å². The maximum atomic E-state index is 13.1. The molecule has 0 radical (unpaired) electrons. The predicted molar refractivity (Wildman–Crippen MR) is 123 cm³/mol. The van der Waals surface area contributed by atoms with Crippen LogP contribution in [0.2, 0.25) is 5.02 Å². The third-order valence-corrected chi connectivity index (χ3v) is 7.92. The SMILES string of the molecule is COC(=O)N1CC[C@@]2(C1)CN(C(=O)Nc1ncc(SCCC(=O)O)s1)c1ccc(Cl)cc12. The molecule has 0 aliphatic carbocycles. The van der Waals surface area contributed by atoms with Crippen molar-refractivity contribution >= 4 is 63.6 Å². The molecule has 12 heteroatoms. The van der Waals surface area contributed by atoms with E-state index in [0.29, 0.717) is 42.0 Å². The largest absolute Gasteiger partial charge is 0.481 e. The number of carbonyl (C=O) groups excluding carboxylic acids is 2. The highest BCUT2D eigenvalue weighted by atomic mass is 35.5. The molecule has 170 valence electrons. The number of amides is 3. The zero-order valence-electron chi connectivity index (χ0n) is 17.2. The molecule has 32 heavy (non-hydrogen) atoms. The molecule has 0 saturated carbocycles. The van der Waals surface area contributed by atoms with Gasteiger partial charge in [-0.05, 0) is 30.2 Å². The molecule has 0 bridgehead atoms. The molecular weight excluding hydrogens is 476 g/mol. The molecule has 1 atom stereocenters. The van der Waals surface area contributed by atoms with Crippen LogP contribution >= 0.6 is 34.7 Å². The Balaban J connectivity index is 1.50. The minimum atomic E-state index is -0.852. The molecule has 1 aromatic carbocycles. The molecule has 2 N–H and O–H groups in total. The molecule has 1 aromatic heterocycles. The normalized spacial score (nSPS) is 19.3. The van der Waals surface area contributed by atoms with E-state index in [2.05, 4.69) is 10.3 Å². The van der Waals surface area contributed by atoms with Gasteiger partial charge in [-0.2, -0.15) is 0 Å². The molecule has 0 unspecified atom stereocenters. The summed E-state index contributed by atoms with van der Waals surface area (Å²) >= 11 is 8.94. The van der Waals surface area contributed by atoms with Gasteiger partial charge in [-0.15, -0.1) is 11.8 Å². The summed E-state index contributed by atoms with van der Waals surface area (Å²) in [4.78, 5) is 43.4. The summed E-state index contributed by atoms with van der Waals surface area (Å²) in [5.74, 6) is -0.417. The quantitative estimate of drug-likeness (QED) is 0.598. The Hall–Kier alpha value is -2.50. The number of thioether (sulfide) groups is 1. The van der Waals surface area contributed by atoms with Gasteiger partial charge in [0.05, 0.1) is 23.9 Å². The van der Waals surface area contributed by atoms with Crippen LogP contribution in [0.4, 0.5) is 20.4 Å². The first-order valence-corrected chi connectivity index (χ1v) is 12.0. The standard InChI is InChI=1S/C20H21ClN4O5S2/c1-30-19(29)24-6-5-20(10-24)11-25(14-3-2-12(21)8-13(14)20)18(28)23-17-22-9-16(32-17)31-7-4-15(26)27/h2-3,8-9H,4-7,10-11H2,1H3,(H,26,27)(H,22,23,28)/t20-/m1/s1. The number of hydrogen-bond acceptors (Lipinski definition) is 7. The zero-order chi connectivity index (χ0) is 22.9. The highest BCUT2D eigenvalue weighted by molar-refractivity contribution is 8.01. The predicted octanol–water partition coefficient (Wildman–Crippen LogP) is 4.13. The van der Waals surface area contributed by atoms with E-state index in [9.17, 15) is 14.4 Å². The molecule has 3 heterocycles. The van der Waals surface area contributed by atoms with Crippen molar-refractivity contribution < 1.29 is 24.2 Å². The highest BCUT2D eigenvalue weighted by Crippen LogP contribution is 2.47. The van der Waals surface area contributed by atoms with Crippen molar-refractivity contribution in [2.45, 2.75) is 22.5 Å². The van der Waals surface area contributed by atoms with Gasteiger partial charge in [0.25, 0.3) is 0 Å². The minimum Gasteiger partial charge on any atom is -0.481 e. The number of carbonyl (C=O) groups is 3. The molecule has 1 saturated heterocycles. The summed E-state index contributed by atoms with van der Waals surface area (Å²) in [6.07, 6.45) is 1.99. The summed E-state index contributed by atoms with van der Waals surface area (Å²) in [6.45, 7) is 1.39. The van der Waals surface area contributed by atoms with E-state index in [0.717, 1.165) is 15.5 Å². The number of thiazole rings is 1. The first-order chi connectivity index (χ1) is 15.3. The van der Waals surface area contributed by atoms with Crippen LogP contribution in [-0.4, -0.2) is 65.6 Å². The first kappa shape index (κ1) is 22.7. The summed E-state index contributed by atoms with van der Waals surface area (Å²) < 4.78 is 5.70. The summed E-state index contributed by atoms with van der Waals surface area (Å²) in [7, 11) is 1.36. The number of benzene rings is 1. The van der Waals surface area contributed by atoms with Gasteiger partial charge in [0.1, 0.15) is 0 Å². The molecule has 1 fully saturated rings. The average Bonchev–Trinajstić information content (AvgIpc) is 3.46. The Morgan fingerprint density at radius 2 is 2.19 bits per heavy atom. The smallest absolute Gasteiger partial charge is 0.409 e. The second-order valence-corrected chi connectivity index (χ2v) is 10.4. The molecule has 2 aliphatic rings. The maximum Gasteiger partial charge on any atom is 0.409 e. The van der Waals surface area contributed by atoms with Crippen LogP contribution in [0.15, 0.2) is 28.6 Å². The topological polar surface area (TPSA) is 112 Å². The third-order valence-electron chi connectivity index (χ3n) is 5.57. The number of methoxy groups -OCH3 is 1. The number of nitrogens with zero attached hydrogens (tertiary/aromatic N) is 3. The summed E-state index contributed by atoms with van der Waals surface area (Å²) in [5.41, 5.74) is 1.29.